The lowest BCUT2D eigenvalue weighted by molar-refractivity contribution is -0.121. The largest absolute Gasteiger partial charge is 0.493 e. The predicted octanol–water partition coefficient (Wildman–Crippen LogP) is 3.61. The van der Waals surface area contributed by atoms with Crippen LogP contribution in [0.2, 0.25) is 0 Å². The van der Waals surface area contributed by atoms with Crippen molar-refractivity contribution in [2.75, 3.05) is 13.7 Å². The van der Waals surface area contributed by atoms with Crippen molar-refractivity contribution in [3.8, 4) is 22.9 Å². The van der Waals surface area contributed by atoms with Crippen molar-refractivity contribution in [1.29, 1.82) is 0 Å². The fourth-order valence-electron chi connectivity index (χ4n) is 3.21. The van der Waals surface area contributed by atoms with Crippen molar-refractivity contribution in [2.45, 2.75) is 32.2 Å². The molecule has 1 amide bonds. The summed E-state index contributed by atoms with van der Waals surface area (Å²) < 4.78 is 11.1. The van der Waals surface area contributed by atoms with Crippen LogP contribution in [0.25, 0.3) is 11.4 Å². The first-order valence-corrected chi connectivity index (χ1v) is 10.7. The highest BCUT2D eigenvalue weighted by atomic mass is 16.5. The molecule has 33 heavy (non-hydrogen) atoms. The molecule has 0 aliphatic carbocycles. The second-order valence-corrected chi connectivity index (χ2v) is 7.44. The second-order valence-electron chi connectivity index (χ2n) is 7.44. The summed E-state index contributed by atoms with van der Waals surface area (Å²) in [5.41, 5.74) is 1.47. The summed E-state index contributed by atoms with van der Waals surface area (Å²) >= 11 is 0. The summed E-state index contributed by atoms with van der Waals surface area (Å²) in [4.78, 5) is 27.5. The standard InChI is InChI=1S/C25H28N4O4/c1-4-5-15-33-21-13-11-19(16-22(21)32-3)24-27-25(31)20(28-29-24)12-14-23(30)26-17(2)18-9-7-6-8-10-18/h4,6-11,13,16-17H,1,5,12,14-15H2,2-3H3,(H,26,30)(H,27,29,31)/t17-/m0/s1. The number of aryl methyl sites for hydroxylation is 1. The van der Waals surface area contributed by atoms with E-state index >= 15 is 0 Å². The van der Waals surface area contributed by atoms with Gasteiger partial charge in [0, 0.05) is 18.4 Å². The molecule has 0 unspecified atom stereocenters. The number of hydrogen-bond acceptors (Lipinski definition) is 6. The molecule has 0 aliphatic rings. The van der Waals surface area contributed by atoms with Gasteiger partial charge in [0.2, 0.25) is 5.91 Å². The normalized spacial score (nSPS) is 11.5. The lowest BCUT2D eigenvalue weighted by atomic mass is 10.1. The maximum Gasteiger partial charge on any atom is 0.273 e. The van der Waals surface area contributed by atoms with Crippen LogP contribution in [-0.4, -0.2) is 34.8 Å². The molecule has 0 spiro atoms. The third-order valence-corrected chi connectivity index (χ3v) is 5.05. The molecule has 172 valence electrons. The highest BCUT2D eigenvalue weighted by Crippen LogP contribution is 2.31. The van der Waals surface area contributed by atoms with Crippen molar-refractivity contribution in [3.05, 3.63) is 82.8 Å². The zero-order valence-electron chi connectivity index (χ0n) is 18.8. The number of methoxy groups -OCH3 is 1. The van der Waals surface area contributed by atoms with Crippen LogP contribution in [0.15, 0.2) is 66.0 Å². The Bertz CT molecular complexity index is 1140. The monoisotopic (exact) mass is 448 g/mol. The molecule has 0 fully saturated rings. The SMILES string of the molecule is C=CCCOc1ccc(-c2nnc(CCC(=O)N[C@@H](C)c3ccccc3)c(=O)[nH]2)cc1OC. The molecule has 3 aromatic rings. The van der Waals surface area contributed by atoms with E-state index in [0.29, 0.717) is 35.9 Å². The van der Waals surface area contributed by atoms with Gasteiger partial charge in [0.15, 0.2) is 17.3 Å². The van der Waals surface area contributed by atoms with E-state index in [1.54, 1.807) is 31.4 Å². The Morgan fingerprint density at radius 2 is 1.97 bits per heavy atom. The molecule has 0 saturated heterocycles. The molecule has 0 bridgehead atoms. The maximum absolute atomic E-state index is 12.5. The number of rotatable bonds is 11. The van der Waals surface area contributed by atoms with Crippen molar-refractivity contribution < 1.29 is 14.3 Å². The van der Waals surface area contributed by atoms with Gasteiger partial charge in [-0.05, 0) is 37.1 Å². The van der Waals surface area contributed by atoms with Gasteiger partial charge in [0.1, 0.15) is 5.69 Å². The average Bonchev–Trinajstić information content (AvgIpc) is 2.84. The van der Waals surface area contributed by atoms with Crippen LogP contribution >= 0.6 is 0 Å². The lowest BCUT2D eigenvalue weighted by Crippen LogP contribution is -2.28. The minimum Gasteiger partial charge on any atom is -0.493 e. The highest BCUT2D eigenvalue weighted by Gasteiger charge is 2.13. The summed E-state index contributed by atoms with van der Waals surface area (Å²) in [5, 5.41) is 11.1. The van der Waals surface area contributed by atoms with Gasteiger partial charge in [-0.2, -0.15) is 0 Å². The molecule has 0 radical (unpaired) electrons. The fraction of sp³-hybridized carbons (Fsp3) is 0.280. The minimum absolute atomic E-state index is 0.121. The molecular formula is C25H28N4O4. The summed E-state index contributed by atoms with van der Waals surface area (Å²) in [6.45, 7) is 6.07. The third-order valence-electron chi connectivity index (χ3n) is 5.05. The number of ether oxygens (including phenoxy) is 2. The Labute approximate surface area is 192 Å². The van der Waals surface area contributed by atoms with Crippen LogP contribution in [-0.2, 0) is 11.2 Å². The summed E-state index contributed by atoms with van der Waals surface area (Å²) in [6.07, 6.45) is 2.82. The van der Waals surface area contributed by atoms with Crippen LogP contribution < -0.4 is 20.3 Å². The zero-order chi connectivity index (χ0) is 23.6. The molecule has 2 N–H and O–H groups in total. The van der Waals surface area contributed by atoms with E-state index in [1.807, 2.05) is 37.3 Å². The van der Waals surface area contributed by atoms with Crippen molar-refractivity contribution in [2.24, 2.45) is 0 Å². The molecule has 8 heteroatoms. The van der Waals surface area contributed by atoms with E-state index < -0.39 is 0 Å². The fourth-order valence-corrected chi connectivity index (χ4v) is 3.21. The van der Waals surface area contributed by atoms with Gasteiger partial charge in [-0.1, -0.05) is 36.4 Å². The zero-order valence-corrected chi connectivity index (χ0v) is 18.8. The Hall–Kier alpha value is -3.94. The van der Waals surface area contributed by atoms with Gasteiger partial charge in [-0.25, -0.2) is 0 Å². The van der Waals surface area contributed by atoms with E-state index in [4.69, 9.17) is 9.47 Å². The first-order chi connectivity index (χ1) is 16.0. The topological polar surface area (TPSA) is 106 Å². The summed E-state index contributed by atoms with van der Waals surface area (Å²) in [7, 11) is 1.54. The Balaban J connectivity index is 1.63. The number of benzene rings is 2. The smallest absolute Gasteiger partial charge is 0.273 e. The number of nitrogens with zero attached hydrogens (tertiary/aromatic N) is 2. The van der Waals surface area contributed by atoms with Crippen LogP contribution in [0.1, 0.15) is 37.1 Å². The molecule has 2 aromatic carbocycles. The Kier molecular flexibility index (Phi) is 8.35. The second kappa shape index (κ2) is 11.6. The molecule has 1 atom stereocenters. The van der Waals surface area contributed by atoms with Crippen molar-refractivity contribution >= 4 is 5.91 Å². The number of aromatic amines is 1. The first-order valence-electron chi connectivity index (χ1n) is 10.7. The summed E-state index contributed by atoms with van der Waals surface area (Å²) in [6, 6.07) is 14.8. The Morgan fingerprint density at radius 1 is 1.18 bits per heavy atom. The molecule has 0 aliphatic heterocycles. The van der Waals surface area contributed by atoms with Gasteiger partial charge < -0.3 is 19.8 Å². The van der Waals surface area contributed by atoms with Gasteiger partial charge in [-0.15, -0.1) is 16.8 Å². The van der Waals surface area contributed by atoms with Gasteiger partial charge in [0.25, 0.3) is 5.56 Å². The number of carbonyl (C=O) groups is 1. The van der Waals surface area contributed by atoms with E-state index in [1.165, 1.54) is 0 Å². The third kappa shape index (κ3) is 6.52. The van der Waals surface area contributed by atoms with E-state index in [9.17, 15) is 9.59 Å². The van der Waals surface area contributed by atoms with Crippen LogP contribution in [0.5, 0.6) is 11.5 Å². The number of H-pyrrole nitrogens is 1. The molecular weight excluding hydrogens is 420 g/mol. The van der Waals surface area contributed by atoms with Crippen LogP contribution in [0, 0.1) is 0 Å². The number of carbonyl (C=O) groups excluding carboxylic acids is 1. The highest BCUT2D eigenvalue weighted by molar-refractivity contribution is 5.76. The molecule has 8 nitrogen and oxygen atoms in total. The Morgan fingerprint density at radius 3 is 2.67 bits per heavy atom. The van der Waals surface area contributed by atoms with E-state index in [-0.39, 0.29) is 36.0 Å². The number of nitrogens with one attached hydrogen (secondary N) is 2. The maximum atomic E-state index is 12.5. The van der Waals surface area contributed by atoms with Crippen LogP contribution in [0.4, 0.5) is 0 Å². The van der Waals surface area contributed by atoms with E-state index in [2.05, 4.69) is 27.1 Å². The molecule has 3 rings (SSSR count). The van der Waals surface area contributed by atoms with Crippen LogP contribution in [0.3, 0.4) is 0 Å². The lowest BCUT2D eigenvalue weighted by Gasteiger charge is -2.14. The number of hydrogen-bond donors (Lipinski definition) is 2. The summed E-state index contributed by atoms with van der Waals surface area (Å²) in [5.74, 6) is 1.26. The molecule has 0 saturated carbocycles. The van der Waals surface area contributed by atoms with Crippen molar-refractivity contribution in [3.63, 3.8) is 0 Å². The molecule has 1 aromatic heterocycles. The predicted molar refractivity (Wildman–Crippen MR) is 126 cm³/mol. The quantitative estimate of drug-likeness (QED) is 0.343. The minimum atomic E-state index is -0.380. The molecule has 1 heterocycles. The number of aromatic nitrogens is 3. The van der Waals surface area contributed by atoms with Gasteiger partial charge >= 0.3 is 0 Å². The first kappa shape index (κ1) is 23.7. The van der Waals surface area contributed by atoms with Crippen molar-refractivity contribution in [1.82, 2.24) is 20.5 Å². The van der Waals surface area contributed by atoms with Gasteiger partial charge in [-0.3, -0.25) is 9.59 Å². The average molecular weight is 449 g/mol. The van der Waals surface area contributed by atoms with E-state index in [0.717, 1.165) is 5.56 Å². The van der Waals surface area contributed by atoms with Gasteiger partial charge in [0.05, 0.1) is 19.8 Å². The number of amides is 1.